The van der Waals surface area contributed by atoms with E-state index in [1.165, 1.54) is 31.2 Å². The fourth-order valence-electron chi connectivity index (χ4n) is 0.952. The van der Waals surface area contributed by atoms with Crippen molar-refractivity contribution in [2.45, 2.75) is 5.03 Å². The number of aromatic nitrogens is 4. The zero-order valence-corrected chi connectivity index (χ0v) is 8.27. The number of sulfonamides is 1. The van der Waals surface area contributed by atoms with Crippen molar-refractivity contribution in [2.75, 3.05) is 4.72 Å². The molecule has 8 heteroatoms. The van der Waals surface area contributed by atoms with Crippen molar-refractivity contribution < 1.29 is 8.42 Å². The Labute approximate surface area is 85.7 Å². The average molecular weight is 225 g/mol. The van der Waals surface area contributed by atoms with Crippen LogP contribution in [0.4, 0.5) is 5.69 Å². The molecule has 0 spiro atoms. The quantitative estimate of drug-likeness (QED) is 0.765. The van der Waals surface area contributed by atoms with E-state index in [9.17, 15) is 8.42 Å². The Bertz CT molecular complexity index is 522. The van der Waals surface area contributed by atoms with Crippen molar-refractivity contribution in [3.8, 4) is 0 Å². The van der Waals surface area contributed by atoms with Gasteiger partial charge in [-0.3, -0.25) is 4.72 Å². The average Bonchev–Trinajstić information content (AvgIpc) is 2.71. The van der Waals surface area contributed by atoms with Crippen molar-refractivity contribution in [1.29, 1.82) is 0 Å². The summed E-state index contributed by atoms with van der Waals surface area (Å²) < 4.78 is 25.5. The van der Waals surface area contributed by atoms with Crippen LogP contribution >= 0.6 is 0 Å². The van der Waals surface area contributed by atoms with Crippen LogP contribution in [0.3, 0.4) is 0 Å². The van der Waals surface area contributed by atoms with Crippen molar-refractivity contribution >= 4 is 15.7 Å². The van der Waals surface area contributed by atoms with Gasteiger partial charge < -0.3 is 4.98 Å². The van der Waals surface area contributed by atoms with Crippen LogP contribution in [0.1, 0.15) is 0 Å². The molecule has 2 aromatic heterocycles. The van der Waals surface area contributed by atoms with Crippen LogP contribution in [0.15, 0.2) is 36.3 Å². The normalized spacial score (nSPS) is 11.2. The maximum Gasteiger partial charge on any atom is 0.279 e. The third kappa shape index (κ3) is 2.10. The fraction of sp³-hybridized carbons (Fsp3) is 0. The molecule has 2 N–H and O–H groups in total. The van der Waals surface area contributed by atoms with Gasteiger partial charge in [0.25, 0.3) is 10.0 Å². The van der Waals surface area contributed by atoms with Crippen LogP contribution in [0.2, 0.25) is 0 Å². The van der Waals surface area contributed by atoms with Crippen LogP contribution in [0, 0.1) is 0 Å². The molecule has 0 fully saturated rings. The predicted octanol–water partition coefficient (Wildman–Crippen LogP) is 0.000500. The number of nitrogens with zero attached hydrogens (tertiary/aromatic N) is 3. The lowest BCUT2D eigenvalue weighted by molar-refractivity contribution is 0.598. The highest BCUT2D eigenvalue weighted by Crippen LogP contribution is 2.10. The minimum absolute atomic E-state index is 0.00801. The predicted molar refractivity (Wildman–Crippen MR) is 51.4 cm³/mol. The Morgan fingerprint density at radius 1 is 1.13 bits per heavy atom. The summed E-state index contributed by atoms with van der Waals surface area (Å²) >= 11 is 0. The second-order valence-electron chi connectivity index (χ2n) is 2.65. The first-order valence-corrected chi connectivity index (χ1v) is 5.43. The van der Waals surface area contributed by atoms with Gasteiger partial charge in [-0.25, -0.2) is 15.0 Å². The summed E-state index contributed by atoms with van der Waals surface area (Å²) in [4.78, 5) is 13.5. The van der Waals surface area contributed by atoms with Gasteiger partial charge in [-0.15, -0.1) is 0 Å². The van der Waals surface area contributed by atoms with Crippen LogP contribution < -0.4 is 4.72 Å². The summed E-state index contributed by atoms with van der Waals surface area (Å²) in [5, 5.41) is -0.00801. The summed E-state index contributed by atoms with van der Waals surface area (Å²) in [5.41, 5.74) is 0.298. The first-order chi connectivity index (χ1) is 7.18. The van der Waals surface area contributed by atoms with Gasteiger partial charge in [-0.2, -0.15) is 8.42 Å². The van der Waals surface area contributed by atoms with E-state index in [4.69, 9.17) is 0 Å². The van der Waals surface area contributed by atoms with Gasteiger partial charge >= 0.3 is 0 Å². The number of aromatic amines is 1. The van der Waals surface area contributed by atoms with E-state index >= 15 is 0 Å². The molecule has 0 saturated heterocycles. The number of imidazole rings is 1. The molecule has 0 bridgehead atoms. The van der Waals surface area contributed by atoms with E-state index in [2.05, 4.69) is 24.7 Å². The van der Waals surface area contributed by atoms with Crippen molar-refractivity contribution in [2.24, 2.45) is 0 Å². The zero-order chi connectivity index (χ0) is 10.7. The SMILES string of the molecule is O=S(=O)(Nc1cncnc1)c1cnc[nH]1. The van der Waals surface area contributed by atoms with Gasteiger partial charge in [-0.1, -0.05) is 0 Å². The Hall–Kier alpha value is -1.96. The van der Waals surface area contributed by atoms with E-state index in [-0.39, 0.29) is 5.03 Å². The number of rotatable bonds is 3. The van der Waals surface area contributed by atoms with Crippen molar-refractivity contribution in [1.82, 2.24) is 19.9 Å². The second kappa shape index (κ2) is 3.65. The monoisotopic (exact) mass is 225 g/mol. The maximum absolute atomic E-state index is 11.6. The molecular formula is C7H7N5O2S. The second-order valence-corrected chi connectivity index (χ2v) is 4.30. The molecule has 2 aromatic rings. The van der Waals surface area contributed by atoms with Gasteiger partial charge in [0.1, 0.15) is 6.33 Å². The van der Waals surface area contributed by atoms with E-state index in [0.717, 1.165) is 0 Å². The molecule has 0 aliphatic carbocycles. The van der Waals surface area contributed by atoms with Crippen molar-refractivity contribution in [3.63, 3.8) is 0 Å². The highest BCUT2D eigenvalue weighted by atomic mass is 32.2. The third-order valence-electron chi connectivity index (χ3n) is 1.58. The lowest BCUT2D eigenvalue weighted by atomic mass is 10.6. The summed E-state index contributed by atoms with van der Waals surface area (Å²) in [6.07, 6.45) is 6.54. The van der Waals surface area contributed by atoms with Crippen molar-refractivity contribution in [3.05, 3.63) is 31.2 Å². The first kappa shape index (κ1) is 9.59. The van der Waals surface area contributed by atoms with Crippen LogP contribution in [-0.4, -0.2) is 28.4 Å². The molecule has 0 radical (unpaired) electrons. The third-order valence-corrected chi connectivity index (χ3v) is 2.88. The molecule has 0 unspecified atom stereocenters. The molecule has 7 nitrogen and oxygen atoms in total. The summed E-state index contributed by atoms with van der Waals surface area (Å²) in [6, 6.07) is 0. The Morgan fingerprint density at radius 2 is 1.87 bits per heavy atom. The van der Waals surface area contributed by atoms with Gasteiger partial charge in [0.05, 0.1) is 30.6 Å². The molecule has 0 aliphatic heterocycles. The smallest absolute Gasteiger partial charge is 0.279 e. The first-order valence-electron chi connectivity index (χ1n) is 3.95. The molecule has 2 heterocycles. The highest BCUT2D eigenvalue weighted by Gasteiger charge is 2.15. The lowest BCUT2D eigenvalue weighted by Gasteiger charge is -2.03. The van der Waals surface area contributed by atoms with Crippen LogP contribution in [0.25, 0.3) is 0 Å². The summed E-state index contributed by atoms with van der Waals surface area (Å²) in [6.45, 7) is 0. The molecule has 0 amide bonds. The maximum atomic E-state index is 11.6. The van der Waals surface area contributed by atoms with E-state index in [0.29, 0.717) is 5.69 Å². The number of anilines is 1. The molecule has 0 aromatic carbocycles. The Balaban J connectivity index is 2.27. The van der Waals surface area contributed by atoms with Crippen LogP contribution in [0.5, 0.6) is 0 Å². The molecule has 15 heavy (non-hydrogen) atoms. The summed E-state index contributed by atoms with van der Waals surface area (Å²) in [5.74, 6) is 0. The lowest BCUT2D eigenvalue weighted by Crippen LogP contribution is -2.13. The topological polar surface area (TPSA) is 101 Å². The van der Waals surface area contributed by atoms with Gasteiger partial charge in [0, 0.05) is 0 Å². The molecule has 0 aliphatic rings. The van der Waals surface area contributed by atoms with Gasteiger partial charge in [-0.05, 0) is 0 Å². The van der Waals surface area contributed by atoms with E-state index < -0.39 is 10.0 Å². The molecule has 2 rings (SSSR count). The number of hydrogen-bond acceptors (Lipinski definition) is 5. The number of H-pyrrole nitrogens is 1. The van der Waals surface area contributed by atoms with Gasteiger partial charge in [0.2, 0.25) is 0 Å². The molecule has 0 saturated carbocycles. The standard InChI is InChI=1S/C7H7N5O2S/c13-15(14,7-3-10-5-11-7)12-6-1-8-4-9-2-6/h1-5,12H,(H,10,11). The zero-order valence-electron chi connectivity index (χ0n) is 7.45. The molecular weight excluding hydrogens is 218 g/mol. The molecule has 0 atom stereocenters. The number of nitrogens with one attached hydrogen (secondary N) is 2. The van der Waals surface area contributed by atoms with Crippen LogP contribution in [-0.2, 0) is 10.0 Å². The van der Waals surface area contributed by atoms with E-state index in [1.54, 1.807) is 0 Å². The minimum atomic E-state index is -3.62. The Morgan fingerprint density at radius 3 is 2.47 bits per heavy atom. The van der Waals surface area contributed by atoms with Gasteiger partial charge in [0.15, 0.2) is 5.03 Å². The van der Waals surface area contributed by atoms with E-state index in [1.807, 2.05) is 0 Å². The fourth-order valence-corrected chi connectivity index (χ4v) is 1.89. The molecule has 78 valence electrons. The Kier molecular flexibility index (Phi) is 2.34. The highest BCUT2D eigenvalue weighted by molar-refractivity contribution is 7.92. The number of hydrogen-bond donors (Lipinski definition) is 2. The summed E-state index contributed by atoms with van der Waals surface area (Å²) in [7, 11) is -3.62. The largest absolute Gasteiger partial charge is 0.334 e. The minimum Gasteiger partial charge on any atom is -0.334 e.